The van der Waals surface area contributed by atoms with E-state index < -0.39 is 0 Å². The third-order valence-electron chi connectivity index (χ3n) is 2.75. The molecule has 2 rings (SSSR count). The number of carbonyl (C=O) groups is 1. The molecule has 94 valence electrons. The first-order valence-electron chi connectivity index (χ1n) is 5.69. The second-order valence-electron chi connectivity index (χ2n) is 4.27. The van der Waals surface area contributed by atoms with Crippen molar-refractivity contribution in [3.63, 3.8) is 0 Å². The number of esters is 1. The summed E-state index contributed by atoms with van der Waals surface area (Å²) in [5.41, 5.74) is 9.06. The van der Waals surface area contributed by atoms with E-state index >= 15 is 0 Å². The Morgan fingerprint density at radius 3 is 2.83 bits per heavy atom. The van der Waals surface area contributed by atoms with Crippen molar-refractivity contribution in [3.8, 4) is 0 Å². The summed E-state index contributed by atoms with van der Waals surface area (Å²) >= 11 is 0. The Bertz CT molecular complexity index is 573. The molecule has 0 atom stereocenters. The van der Waals surface area contributed by atoms with Gasteiger partial charge in [0.25, 0.3) is 0 Å². The minimum atomic E-state index is -0.376. The first-order valence-corrected chi connectivity index (χ1v) is 5.69. The zero-order valence-electron chi connectivity index (χ0n) is 10.5. The third kappa shape index (κ3) is 2.53. The first kappa shape index (κ1) is 12.2. The highest BCUT2D eigenvalue weighted by Crippen LogP contribution is 2.15. The Kier molecular flexibility index (Phi) is 3.37. The molecule has 2 aromatic rings. The zero-order valence-corrected chi connectivity index (χ0v) is 10.5. The van der Waals surface area contributed by atoms with Gasteiger partial charge in [0.05, 0.1) is 12.8 Å². The smallest absolute Gasteiger partial charge is 0.354 e. The van der Waals surface area contributed by atoms with Gasteiger partial charge in [0, 0.05) is 12.7 Å². The molecule has 0 fully saturated rings. The van der Waals surface area contributed by atoms with E-state index in [1.165, 1.54) is 12.7 Å². The SMILES string of the molecule is COC(=O)c1cc(N)cn1Cc1cccc(C)c1. The first-order chi connectivity index (χ1) is 8.60. The fourth-order valence-electron chi connectivity index (χ4n) is 1.95. The van der Waals surface area contributed by atoms with Crippen molar-refractivity contribution in [1.82, 2.24) is 4.57 Å². The second-order valence-corrected chi connectivity index (χ2v) is 4.27. The molecule has 2 N–H and O–H groups in total. The number of hydrogen-bond donors (Lipinski definition) is 1. The molecular formula is C14H16N2O2. The molecule has 1 heterocycles. The lowest BCUT2D eigenvalue weighted by molar-refractivity contribution is 0.0589. The Morgan fingerprint density at radius 1 is 1.39 bits per heavy atom. The molecule has 0 aliphatic heterocycles. The van der Waals surface area contributed by atoms with Gasteiger partial charge in [-0.25, -0.2) is 4.79 Å². The number of benzene rings is 1. The molecule has 0 unspecified atom stereocenters. The van der Waals surface area contributed by atoms with Crippen molar-refractivity contribution >= 4 is 11.7 Å². The lowest BCUT2D eigenvalue weighted by Crippen LogP contribution is -2.10. The van der Waals surface area contributed by atoms with Crippen molar-refractivity contribution in [1.29, 1.82) is 0 Å². The van der Waals surface area contributed by atoms with Crippen LogP contribution in [0.3, 0.4) is 0 Å². The molecule has 0 aliphatic carbocycles. The second kappa shape index (κ2) is 4.96. The molecule has 0 spiro atoms. The van der Waals surface area contributed by atoms with E-state index in [9.17, 15) is 4.79 Å². The van der Waals surface area contributed by atoms with Crippen LogP contribution in [0.15, 0.2) is 36.5 Å². The van der Waals surface area contributed by atoms with Crippen LogP contribution in [-0.2, 0) is 11.3 Å². The van der Waals surface area contributed by atoms with Gasteiger partial charge in [-0.2, -0.15) is 0 Å². The summed E-state index contributed by atoms with van der Waals surface area (Å²) in [7, 11) is 1.36. The molecule has 1 aromatic carbocycles. The van der Waals surface area contributed by atoms with Gasteiger partial charge in [-0.15, -0.1) is 0 Å². The normalized spacial score (nSPS) is 10.3. The van der Waals surface area contributed by atoms with E-state index in [1.54, 1.807) is 16.8 Å². The number of nitrogen functional groups attached to an aromatic ring is 1. The van der Waals surface area contributed by atoms with Gasteiger partial charge in [0.15, 0.2) is 0 Å². The van der Waals surface area contributed by atoms with Crippen LogP contribution in [0, 0.1) is 6.92 Å². The Labute approximate surface area is 106 Å². The number of carbonyl (C=O) groups excluding carboxylic acids is 1. The molecule has 4 heteroatoms. The summed E-state index contributed by atoms with van der Waals surface area (Å²) in [6.07, 6.45) is 1.74. The predicted octanol–water partition coefficient (Wildman–Crippen LogP) is 2.21. The lowest BCUT2D eigenvalue weighted by atomic mass is 10.1. The van der Waals surface area contributed by atoms with Crippen molar-refractivity contribution in [2.45, 2.75) is 13.5 Å². The summed E-state index contributed by atoms with van der Waals surface area (Å²) in [5, 5.41) is 0. The van der Waals surface area contributed by atoms with Crippen molar-refractivity contribution in [3.05, 3.63) is 53.3 Å². The van der Waals surface area contributed by atoms with Crippen LogP contribution in [0.25, 0.3) is 0 Å². The highest BCUT2D eigenvalue weighted by atomic mass is 16.5. The van der Waals surface area contributed by atoms with Crippen LogP contribution in [0.2, 0.25) is 0 Å². The maximum absolute atomic E-state index is 11.6. The molecule has 0 saturated carbocycles. The summed E-state index contributed by atoms with van der Waals surface area (Å²) in [5.74, 6) is -0.376. The number of hydrogen-bond acceptors (Lipinski definition) is 3. The van der Waals surface area contributed by atoms with Gasteiger partial charge in [-0.3, -0.25) is 0 Å². The summed E-state index contributed by atoms with van der Waals surface area (Å²) in [6, 6.07) is 9.76. The molecule has 0 bridgehead atoms. The van der Waals surface area contributed by atoms with Crippen LogP contribution >= 0.6 is 0 Å². The van der Waals surface area contributed by atoms with Crippen molar-refractivity contribution < 1.29 is 9.53 Å². The fraction of sp³-hybridized carbons (Fsp3) is 0.214. The maximum Gasteiger partial charge on any atom is 0.354 e. The number of ether oxygens (including phenoxy) is 1. The fourth-order valence-corrected chi connectivity index (χ4v) is 1.95. The number of rotatable bonds is 3. The number of methoxy groups -OCH3 is 1. The standard InChI is InChI=1S/C14H16N2O2/c1-10-4-3-5-11(6-10)8-16-9-12(15)7-13(16)14(17)18-2/h3-7,9H,8,15H2,1-2H3. The van der Waals surface area contributed by atoms with Gasteiger partial charge in [0.1, 0.15) is 5.69 Å². The van der Waals surface area contributed by atoms with Gasteiger partial charge in [0.2, 0.25) is 0 Å². The van der Waals surface area contributed by atoms with E-state index in [4.69, 9.17) is 10.5 Å². The minimum Gasteiger partial charge on any atom is -0.464 e. The van der Waals surface area contributed by atoms with E-state index in [0.29, 0.717) is 17.9 Å². The average Bonchev–Trinajstić information content (AvgIpc) is 2.69. The van der Waals surface area contributed by atoms with Crippen LogP contribution in [0.4, 0.5) is 5.69 Å². The topological polar surface area (TPSA) is 57.2 Å². The van der Waals surface area contributed by atoms with Crippen molar-refractivity contribution in [2.75, 3.05) is 12.8 Å². The van der Waals surface area contributed by atoms with E-state index in [0.717, 1.165) is 5.56 Å². The highest BCUT2D eigenvalue weighted by molar-refractivity contribution is 5.89. The lowest BCUT2D eigenvalue weighted by Gasteiger charge is -2.08. The minimum absolute atomic E-state index is 0.376. The van der Waals surface area contributed by atoms with E-state index in [-0.39, 0.29) is 5.97 Å². The maximum atomic E-state index is 11.6. The van der Waals surface area contributed by atoms with Crippen LogP contribution < -0.4 is 5.73 Å². The molecule has 0 saturated heterocycles. The molecule has 0 radical (unpaired) electrons. The average molecular weight is 244 g/mol. The van der Waals surface area contributed by atoms with Crippen molar-refractivity contribution in [2.24, 2.45) is 0 Å². The largest absolute Gasteiger partial charge is 0.464 e. The summed E-state index contributed by atoms with van der Waals surface area (Å²) in [6.45, 7) is 2.64. The molecule has 0 amide bonds. The van der Waals surface area contributed by atoms with Crippen LogP contribution in [0.5, 0.6) is 0 Å². The van der Waals surface area contributed by atoms with Crippen LogP contribution in [0.1, 0.15) is 21.6 Å². The van der Waals surface area contributed by atoms with E-state index in [2.05, 4.69) is 6.07 Å². The van der Waals surface area contributed by atoms with Gasteiger partial charge in [-0.05, 0) is 18.6 Å². The molecule has 1 aromatic heterocycles. The Balaban J connectivity index is 2.31. The number of nitrogens with zero attached hydrogens (tertiary/aromatic N) is 1. The highest BCUT2D eigenvalue weighted by Gasteiger charge is 2.13. The third-order valence-corrected chi connectivity index (χ3v) is 2.75. The molecule has 18 heavy (non-hydrogen) atoms. The molecule has 4 nitrogen and oxygen atoms in total. The van der Waals surface area contributed by atoms with Gasteiger partial charge >= 0.3 is 5.97 Å². The number of anilines is 1. The Morgan fingerprint density at radius 2 is 2.17 bits per heavy atom. The number of aryl methyl sites for hydroxylation is 1. The predicted molar refractivity (Wildman–Crippen MR) is 70.5 cm³/mol. The van der Waals surface area contributed by atoms with Gasteiger partial charge in [-0.1, -0.05) is 29.8 Å². The molecule has 0 aliphatic rings. The molecular weight excluding hydrogens is 228 g/mol. The number of aromatic nitrogens is 1. The van der Waals surface area contributed by atoms with Gasteiger partial charge < -0.3 is 15.0 Å². The number of nitrogens with two attached hydrogens (primary N) is 1. The quantitative estimate of drug-likeness (QED) is 0.842. The van der Waals surface area contributed by atoms with Crippen LogP contribution in [-0.4, -0.2) is 17.6 Å². The monoisotopic (exact) mass is 244 g/mol. The van der Waals surface area contributed by atoms with E-state index in [1.807, 2.05) is 25.1 Å². The summed E-state index contributed by atoms with van der Waals surface area (Å²) < 4.78 is 6.54. The zero-order chi connectivity index (χ0) is 13.1. The Hall–Kier alpha value is -2.23. The summed E-state index contributed by atoms with van der Waals surface area (Å²) in [4.78, 5) is 11.6.